The first kappa shape index (κ1) is 16.0. The molecule has 1 amide bonds. The predicted octanol–water partition coefficient (Wildman–Crippen LogP) is 3.23. The van der Waals surface area contributed by atoms with Gasteiger partial charge in [0, 0.05) is 12.0 Å². The molecule has 1 aromatic rings. The zero-order valence-corrected chi connectivity index (χ0v) is 10.9. The molecule has 0 bridgehead atoms. The highest BCUT2D eigenvalue weighted by atomic mass is 19.3. The quantitative estimate of drug-likeness (QED) is 0.874. The number of nitrogens with one attached hydrogen (secondary N) is 1. The Balaban J connectivity index is 3.26. The summed E-state index contributed by atoms with van der Waals surface area (Å²) >= 11 is 0. The van der Waals surface area contributed by atoms with Gasteiger partial charge in [-0.05, 0) is 13.0 Å². The molecule has 0 heterocycles. The molecule has 110 valence electrons. The van der Waals surface area contributed by atoms with Crippen LogP contribution in [0, 0.1) is 5.82 Å². The van der Waals surface area contributed by atoms with Gasteiger partial charge in [-0.1, -0.05) is 19.1 Å². The van der Waals surface area contributed by atoms with Crippen molar-refractivity contribution >= 4 is 11.9 Å². The Morgan fingerprint density at radius 2 is 2.00 bits per heavy atom. The van der Waals surface area contributed by atoms with Crippen LogP contribution >= 0.6 is 0 Å². The lowest BCUT2D eigenvalue weighted by Gasteiger charge is -2.19. The number of carbonyl (C=O) groups is 2. The smallest absolute Gasteiger partial charge is 0.405 e. The fraction of sp³-hybridized carbons (Fsp3) is 0.385. The Bertz CT molecular complexity index is 532. The molecular formula is C13H14F3NO3. The minimum atomic E-state index is -3.93. The Morgan fingerprint density at radius 3 is 2.50 bits per heavy atom. The lowest BCUT2D eigenvalue weighted by Crippen LogP contribution is -2.29. The van der Waals surface area contributed by atoms with E-state index in [-0.39, 0.29) is 5.56 Å². The third-order valence-electron chi connectivity index (χ3n) is 2.84. The normalized spacial score (nSPS) is 12.8. The van der Waals surface area contributed by atoms with Crippen LogP contribution in [0.3, 0.4) is 0 Å². The second-order valence-electron chi connectivity index (χ2n) is 4.23. The average Bonchev–Trinajstić information content (AvgIpc) is 2.36. The lowest BCUT2D eigenvalue weighted by molar-refractivity contribution is -0.144. The largest absolute Gasteiger partial charge is 0.465 e. The maximum atomic E-state index is 14.1. The SMILES string of the molecule is CCC(=O)C(F)(F)c1cccc(C(C)NC(=O)O)c1F. The van der Waals surface area contributed by atoms with Crippen LogP contribution in [0.2, 0.25) is 0 Å². The van der Waals surface area contributed by atoms with Crippen molar-refractivity contribution in [2.75, 3.05) is 0 Å². The van der Waals surface area contributed by atoms with E-state index < -0.39 is 41.6 Å². The number of rotatable bonds is 5. The van der Waals surface area contributed by atoms with E-state index in [4.69, 9.17) is 5.11 Å². The third-order valence-corrected chi connectivity index (χ3v) is 2.84. The minimum Gasteiger partial charge on any atom is -0.465 e. The number of hydrogen-bond donors (Lipinski definition) is 2. The zero-order chi connectivity index (χ0) is 15.5. The number of Topliss-reactive ketones (excluding diaryl/α,β-unsaturated/α-hetero) is 1. The maximum absolute atomic E-state index is 14.1. The molecule has 4 nitrogen and oxygen atoms in total. The second kappa shape index (κ2) is 5.94. The van der Waals surface area contributed by atoms with Gasteiger partial charge in [-0.15, -0.1) is 0 Å². The van der Waals surface area contributed by atoms with E-state index in [1.165, 1.54) is 19.9 Å². The van der Waals surface area contributed by atoms with E-state index in [2.05, 4.69) is 0 Å². The number of carbonyl (C=O) groups excluding carboxylic acids is 1. The molecule has 0 aliphatic rings. The molecule has 2 N–H and O–H groups in total. The van der Waals surface area contributed by atoms with Gasteiger partial charge in [0.15, 0.2) is 0 Å². The lowest BCUT2D eigenvalue weighted by atomic mass is 9.97. The van der Waals surface area contributed by atoms with E-state index in [1.807, 2.05) is 5.32 Å². The van der Waals surface area contributed by atoms with Crippen LogP contribution in [0.1, 0.15) is 37.4 Å². The van der Waals surface area contributed by atoms with Gasteiger partial charge < -0.3 is 10.4 Å². The summed E-state index contributed by atoms with van der Waals surface area (Å²) in [7, 11) is 0. The van der Waals surface area contributed by atoms with Gasteiger partial charge in [0.25, 0.3) is 0 Å². The van der Waals surface area contributed by atoms with Gasteiger partial charge in [-0.3, -0.25) is 4.79 Å². The second-order valence-corrected chi connectivity index (χ2v) is 4.23. The molecule has 1 atom stereocenters. The number of benzene rings is 1. The molecule has 20 heavy (non-hydrogen) atoms. The number of amides is 1. The summed E-state index contributed by atoms with van der Waals surface area (Å²) < 4.78 is 41.7. The van der Waals surface area contributed by atoms with Gasteiger partial charge in [0.05, 0.1) is 11.6 Å². The number of ketones is 1. The highest BCUT2D eigenvalue weighted by Crippen LogP contribution is 2.34. The van der Waals surface area contributed by atoms with Crippen molar-refractivity contribution in [1.29, 1.82) is 0 Å². The summed E-state index contributed by atoms with van der Waals surface area (Å²) in [6, 6.07) is 2.15. The monoisotopic (exact) mass is 289 g/mol. The number of alkyl halides is 2. The van der Waals surface area contributed by atoms with Crippen molar-refractivity contribution in [1.82, 2.24) is 5.32 Å². The standard InChI is InChI=1S/C13H14F3NO3/c1-3-10(18)13(15,16)9-6-4-5-8(11(9)14)7(2)17-12(19)20/h4-7,17H,3H2,1-2H3,(H,19,20). The Morgan fingerprint density at radius 1 is 1.40 bits per heavy atom. The molecule has 1 unspecified atom stereocenters. The van der Waals surface area contributed by atoms with Crippen molar-refractivity contribution in [2.45, 2.75) is 32.2 Å². The van der Waals surface area contributed by atoms with E-state index in [9.17, 15) is 22.8 Å². The van der Waals surface area contributed by atoms with Crippen LogP contribution in [0.25, 0.3) is 0 Å². The highest BCUT2D eigenvalue weighted by molar-refractivity contribution is 5.86. The summed E-state index contributed by atoms with van der Waals surface area (Å²) in [5, 5.41) is 10.5. The molecule has 0 saturated heterocycles. The van der Waals surface area contributed by atoms with E-state index >= 15 is 0 Å². The van der Waals surface area contributed by atoms with Gasteiger partial charge in [-0.25, -0.2) is 9.18 Å². The van der Waals surface area contributed by atoms with E-state index in [1.54, 1.807) is 0 Å². The minimum absolute atomic E-state index is 0.242. The molecule has 1 aromatic carbocycles. The first-order valence-electron chi connectivity index (χ1n) is 5.91. The van der Waals surface area contributed by atoms with Crippen molar-refractivity contribution in [3.05, 3.63) is 35.1 Å². The predicted molar refractivity (Wildman–Crippen MR) is 65.2 cm³/mol. The van der Waals surface area contributed by atoms with Gasteiger partial charge in [0.2, 0.25) is 5.78 Å². The molecule has 0 fully saturated rings. The Labute approximate surface area is 113 Å². The van der Waals surface area contributed by atoms with Crippen LogP contribution in [0.15, 0.2) is 18.2 Å². The summed E-state index contributed by atoms with van der Waals surface area (Å²) in [5.74, 6) is -6.61. The molecule has 0 saturated carbocycles. The van der Waals surface area contributed by atoms with Crippen LogP contribution in [0.4, 0.5) is 18.0 Å². The first-order valence-corrected chi connectivity index (χ1v) is 5.91. The molecule has 0 spiro atoms. The molecule has 7 heteroatoms. The highest BCUT2D eigenvalue weighted by Gasteiger charge is 2.42. The van der Waals surface area contributed by atoms with Crippen molar-refractivity contribution in [3.63, 3.8) is 0 Å². The number of hydrogen-bond acceptors (Lipinski definition) is 2. The molecule has 0 aliphatic carbocycles. The van der Waals surface area contributed by atoms with E-state index in [0.29, 0.717) is 0 Å². The fourth-order valence-corrected chi connectivity index (χ4v) is 1.76. The van der Waals surface area contributed by atoms with Crippen molar-refractivity contribution in [2.24, 2.45) is 0 Å². The third kappa shape index (κ3) is 3.09. The molecule has 0 aromatic heterocycles. The van der Waals surface area contributed by atoms with Gasteiger partial charge in [0.1, 0.15) is 5.82 Å². The van der Waals surface area contributed by atoms with Crippen molar-refractivity contribution in [3.8, 4) is 0 Å². The van der Waals surface area contributed by atoms with Crippen LogP contribution in [-0.2, 0) is 10.7 Å². The van der Waals surface area contributed by atoms with Crippen LogP contribution in [-0.4, -0.2) is 17.0 Å². The number of halogens is 3. The molecular weight excluding hydrogens is 275 g/mol. The fourth-order valence-electron chi connectivity index (χ4n) is 1.76. The number of carboxylic acid groups (broad SMARTS) is 1. The van der Waals surface area contributed by atoms with Gasteiger partial charge in [-0.2, -0.15) is 8.78 Å². The molecule has 0 radical (unpaired) electrons. The Hall–Kier alpha value is -2.05. The van der Waals surface area contributed by atoms with Crippen molar-refractivity contribution < 1.29 is 27.9 Å². The van der Waals surface area contributed by atoms with E-state index in [0.717, 1.165) is 12.1 Å². The van der Waals surface area contributed by atoms with Crippen LogP contribution < -0.4 is 5.32 Å². The average molecular weight is 289 g/mol. The molecule has 1 rings (SSSR count). The van der Waals surface area contributed by atoms with Gasteiger partial charge >= 0.3 is 12.0 Å². The summed E-state index contributed by atoms with van der Waals surface area (Å²) in [5.41, 5.74) is -1.28. The molecule has 0 aliphatic heterocycles. The Kier molecular flexibility index (Phi) is 4.75. The maximum Gasteiger partial charge on any atom is 0.405 e. The topological polar surface area (TPSA) is 66.4 Å². The summed E-state index contributed by atoms with van der Waals surface area (Å²) in [6.45, 7) is 2.57. The summed E-state index contributed by atoms with van der Waals surface area (Å²) in [4.78, 5) is 21.7. The van der Waals surface area contributed by atoms with Crippen LogP contribution in [0.5, 0.6) is 0 Å². The zero-order valence-electron chi connectivity index (χ0n) is 10.9. The first-order chi connectivity index (χ1) is 9.21. The summed E-state index contributed by atoms with van der Waals surface area (Å²) in [6.07, 6.45) is -1.83.